The largest absolute Gasteiger partial charge is 0.456 e. The Kier molecular flexibility index (Phi) is 5.33. The number of pyridine rings is 1. The number of benzene rings is 2. The fourth-order valence-corrected chi connectivity index (χ4v) is 3.93. The lowest BCUT2D eigenvalue weighted by Crippen LogP contribution is -2.36. The molecule has 0 spiro atoms. The van der Waals surface area contributed by atoms with Crippen molar-refractivity contribution in [1.29, 1.82) is 0 Å². The zero-order chi connectivity index (χ0) is 21.4. The first kappa shape index (κ1) is 20.0. The van der Waals surface area contributed by atoms with E-state index in [-0.39, 0.29) is 19.2 Å². The number of ether oxygens (including phenoxy) is 2. The number of halogens is 1. The summed E-state index contributed by atoms with van der Waals surface area (Å²) in [6, 6.07) is 20.1. The summed E-state index contributed by atoms with van der Waals surface area (Å²) in [6.07, 6.45) is -2.22. The molecular formula is C23H20ClN3O4. The van der Waals surface area contributed by atoms with Crippen LogP contribution in [0.2, 0.25) is 5.02 Å². The van der Waals surface area contributed by atoms with E-state index >= 15 is 0 Å². The van der Waals surface area contributed by atoms with E-state index in [9.17, 15) is 10.2 Å². The first-order valence-electron chi connectivity index (χ1n) is 9.91. The first-order chi connectivity index (χ1) is 15.1. The van der Waals surface area contributed by atoms with Crippen molar-refractivity contribution < 1.29 is 19.7 Å². The Hall–Kier alpha value is -2.97. The van der Waals surface area contributed by atoms with Crippen LogP contribution in [-0.2, 0) is 4.74 Å². The van der Waals surface area contributed by atoms with Gasteiger partial charge in [0.15, 0.2) is 11.8 Å². The Bertz CT molecular complexity index is 1200. The average Bonchev–Trinajstić information content (AvgIpc) is 3.36. The van der Waals surface area contributed by atoms with Crippen LogP contribution in [0.4, 0.5) is 0 Å². The lowest BCUT2D eigenvalue weighted by atomic mass is 10.0. The van der Waals surface area contributed by atoms with Gasteiger partial charge in [0.05, 0.1) is 29.4 Å². The summed E-state index contributed by atoms with van der Waals surface area (Å²) in [5, 5.41) is 19.8. The van der Waals surface area contributed by atoms with Crippen LogP contribution in [-0.4, -0.2) is 56.7 Å². The summed E-state index contributed by atoms with van der Waals surface area (Å²) >= 11 is 6.50. The van der Waals surface area contributed by atoms with Gasteiger partial charge in [-0.3, -0.25) is 0 Å². The second-order valence-electron chi connectivity index (χ2n) is 7.38. The molecule has 0 bridgehead atoms. The highest BCUT2D eigenvalue weighted by Gasteiger charge is 2.37. The molecular weight excluding hydrogens is 418 g/mol. The van der Waals surface area contributed by atoms with Crippen LogP contribution >= 0.6 is 11.6 Å². The SMILES string of the molecule is OC[C@H]1OC[C@@H](Oc2nc3nc(-c4ccc(-c5ccccc5)cc4)c(Cl)cc3[nH]2)[C@@H]1O. The lowest BCUT2D eigenvalue weighted by Gasteiger charge is -2.15. The monoisotopic (exact) mass is 437 g/mol. The Morgan fingerprint density at radius 3 is 2.45 bits per heavy atom. The first-order valence-corrected chi connectivity index (χ1v) is 10.3. The fourth-order valence-electron chi connectivity index (χ4n) is 3.67. The standard InChI is InChI=1S/C23H20ClN3O4/c24-16-10-17-22(27-23(25-17)31-19-12-30-18(11-28)21(19)29)26-20(16)15-8-6-14(7-9-15)13-4-2-1-3-5-13/h1-10,18-19,21,28-29H,11-12H2,(H,25,26,27)/t18-,19-,21-/m1/s1. The molecule has 158 valence electrons. The summed E-state index contributed by atoms with van der Waals surface area (Å²) in [5.74, 6) is 0. The average molecular weight is 438 g/mol. The molecule has 2 aromatic carbocycles. The maximum absolute atomic E-state index is 10.1. The molecule has 2 aromatic heterocycles. The van der Waals surface area contributed by atoms with Gasteiger partial charge in [0.25, 0.3) is 6.01 Å². The van der Waals surface area contributed by atoms with Gasteiger partial charge in [-0.15, -0.1) is 0 Å². The van der Waals surface area contributed by atoms with Crippen molar-refractivity contribution in [3.05, 3.63) is 65.7 Å². The molecule has 3 atom stereocenters. The smallest absolute Gasteiger partial charge is 0.296 e. The van der Waals surface area contributed by atoms with Crippen molar-refractivity contribution in [2.24, 2.45) is 0 Å². The van der Waals surface area contributed by atoms with Gasteiger partial charge in [0, 0.05) is 5.56 Å². The van der Waals surface area contributed by atoms with Gasteiger partial charge in [0.2, 0.25) is 0 Å². The van der Waals surface area contributed by atoms with Crippen molar-refractivity contribution in [2.45, 2.75) is 18.3 Å². The van der Waals surface area contributed by atoms with Gasteiger partial charge in [-0.1, -0.05) is 66.2 Å². The number of aromatic amines is 1. The van der Waals surface area contributed by atoms with Crippen molar-refractivity contribution in [3.63, 3.8) is 0 Å². The molecule has 1 fully saturated rings. The molecule has 1 aliphatic rings. The molecule has 3 heterocycles. The van der Waals surface area contributed by atoms with Crippen LogP contribution in [0, 0.1) is 0 Å². The van der Waals surface area contributed by atoms with Gasteiger partial charge in [0.1, 0.15) is 12.2 Å². The molecule has 0 unspecified atom stereocenters. The number of rotatable bonds is 5. The van der Waals surface area contributed by atoms with Crippen molar-refractivity contribution in [2.75, 3.05) is 13.2 Å². The zero-order valence-corrected chi connectivity index (χ0v) is 17.2. The fraction of sp³-hybridized carbons (Fsp3) is 0.217. The molecule has 8 heteroatoms. The van der Waals surface area contributed by atoms with E-state index in [2.05, 4.69) is 27.1 Å². The maximum Gasteiger partial charge on any atom is 0.296 e. The third-order valence-electron chi connectivity index (χ3n) is 5.35. The number of fused-ring (bicyclic) bond motifs is 1. The minimum atomic E-state index is -0.937. The maximum atomic E-state index is 10.1. The van der Waals surface area contributed by atoms with Gasteiger partial charge in [-0.2, -0.15) is 4.98 Å². The number of imidazole rings is 1. The van der Waals surface area contributed by atoms with Gasteiger partial charge in [-0.05, 0) is 17.2 Å². The van der Waals surface area contributed by atoms with E-state index in [1.165, 1.54) is 0 Å². The summed E-state index contributed by atoms with van der Waals surface area (Å²) in [7, 11) is 0. The number of hydrogen-bond donors (Lipinski definition) is 3. The minimum absolute atomic E-state index is 0.163. The van der Waals surface area contributed by atoms with E-state index in [1.807, 2.05) is 42.5 Å². The molecule has 1 saturated heterocycles. The highest BCUT2D eigenvalue weighted by Crippen LogP contribution is 2.31. The van der Waals surface area contributed by atoms with Crippen LogP contribution in [0.5, 0.6) is 6.01 Å². The summed E-state index contributed by atoms with van der Waals surface area (Å²) in [4.78, 5) is 12.0. The number of aromatic nitrogens is 3. The van der Waals surface area contributed by atoms with Gasteiger partial charge >= 0.3 is 0 Å². The Morgan fingerprint density at radius 2 is 1.74 bits per heavy atom. The molecule has 0 saturated carbocycles. The normalized spacial score (nSPS) is 20.9. The summed E-state index contributed by atoms with van der Waals surface area (Å²) in [6.45, 7) is -0.110. The predicted molar refractivity (Wildman–Crippen MR) is 117 cm³/mol. The second kappa shape index (κ2) is 8.28. The Labute approximate surface area is 183 Å². The highest BCUT2D eigenvalue weighted by molar-refractivity contribution is 6.33. The number of nitrogens with zero attached hydrogens (tertiary/aromatic N) is 2. The molecule has 3 N–H and O–H groups in total. The summed E-state index contributed by atoms with van der Waals surface area (Å²) < 4.78 is 11.0. The number of aliphatic hydroxyl groups excluding tert-OH is 2. The van der Waals surface area contributed by atoms with E-state index in [0.29, 0.717) is 21.9 Å². The third kappa shape index (κ3) is 3.88. The molecule has 0 radical (unpaired) electrons. The van der Waals surface area contributed by atoms with Crippen molar-refractivity contribution in [3.8, 4) is 28.4 Å². The number of hydrogen-bond acceptors (Lipinski definition) is 6. The van der Waals surface area contributed by atoms with E-state index in [1.54, 1.807) is 6.07 Å². The van der Waals surface area contributed by atoms with E-state index < -0.39 is 18.3 Å². The van der Waals surface area contributed by atoms with Crippen LogP contribution in [0.3, 0.4) is 0 Å². The summed E-state index contributed by atoms with van der Waals surface area (Å²) in [5.41, 5.74) is 4.82. The molecule has 0 aliphatic carbocycles. The molecule has 4 aromatic rings. The van der Waals surface area contributed by atoms with E-state index in [4.69, 9.17) is 21.1 Å². The Morgan fingerprint density at radius 1 is 1.03 bits per heavy atom. The quantitative estimate of drug-likeness (QED) is 0.442. The van der Waals surface area contributed by atoms with Gasteiger partial charge < -0.3 is 24.7 Å². The zero-order valence-electron chi connectivity index (χ0n) is 16.4. The van der Waals surface area contributed by atoms with Crippen LogP contribution in [0.1, 0.15) is 0 Å². The molecule has 31 heavy (non-hydrogen) atoms. The second-order valence-corrected chi connectivity index (χ2v) is 7.78. The van der Waals surface area contributed by atoms with Crippen molar-refractivity contribution >= 4 is 22.8 Å². The van der Waals surface area contributed by atoms with E-state index in [0.717, 1.165) is 16.7 Å². The Balaban J connectivity index is 1.41. The topological polar surface area (TPSA) is 100 Å². The molecule has 7 nitrogen and oxygen atoms in total. The number of H-pyrrole nitrogens is 1. The molecule has 1 aliphatic heterocycles. The number of nitrogens with one attached hydrogen (secondary N) is 1. The van der Waals surface area contributed by atoms with Crippen LogP contribution < -0.4 is 4.74 Å². The van der Waals surface area contributed by atoms with Crippen molar-refractivity contribution in [1.82, 2.24) is 15.0 Å². The molecule has 5 rings (SSSR count). The highest BCUT2D eigenvalue weighted by atomic mass is 35.5. The minimum Gasteiger partial charge on any atom is -0.456 e. The molecule has 0 amide bonds. The number of aliphatic hydroxyl groups is 2. The van der Waals surface area contributed by atoms with Crippen LogP contribution in [0.15, 0.2) is 60.7 Å². The lowest BCUT2D eigenvalue weighted by molar-refractivity contribution is -0.00390. The van der Waals surface area contributed by atoms with Crippen LogP contribution in [0.25, 0.3) is 33.5 Å². The predicted octanol–water partition coefficient (Wildman–Crippen LogP) is 3.44. The third-order valence-corrected chi connectivity index (χ3v) is 5.64. The van der Waals surface area contributed by atoms with Gasteiger partial charge in [-0.25, -0.2) is 4.98 Å².